The van der Waals surface area contributed by atoms with Gasteiger partial charge in [0.1, 0.15) is 10.8 Å². The van der Waals surface area contributed by atoms with Crippen LogP contribution in [0.15, 0.2) is 18.2 Å². The van der Waals surface area contributed by atoms with Crippen molar-refractivity contribution in [2.75, 3.05) is 20.1 Å². The van der Waals surface area contributed by atoms with Crippen LogP contribution >= 0.6 is 12.2 Å². The highest BCUT2D eigenvalue weighted by Gasteiger charge is 2.25. The molecule has 3 N–H and O–H groups in total. The molecule has 1 aliphatic rings. The molecule has 21 heavy (non-hydrogen) atoms. The molecule has 2 rings (SSSR count). The van der Waals surface area contributed by atoms with E-state index >= 15 is 0 Å². The van der Waals surface area contributed by atoms with Crippen LogP contribution < -0.4 is 11.1 Å². The molecule has 1 saturated heterocycles. The van der Waals surface area contributed by atoms with E-state index in [0.717, 1.165) is 24.9 Å². The minimum atomic E-state index is -0.344. The van der Waals surface area contributed by atoms with E-state index in [4.69, 9.17) is 18.0 Å². The van der Waals surface area contributed by atoms with E-state index in [9.17, 15) is 9.18 Å². The summed E-state index contributed by atoms with van der Waals surface area (Å²) in [6.45, 7) is 2.25. The Morgan fingerprint density at radius 3 is 3.00 bits per heavy atom. The third kappa shape index (κ3) is 3.98. The van der Waals surface area contributed by atoms with Crippen molar-refractivity contribution < 1.29 is 9.18 Å². The molecule has 1 amide bonds. The van der Waals surface area contributed by atoms with Gasteiger partial charge in [-0.25, -0.2) is 4.39 Å². The maximum atomic E-state index is 13.3. The summed E-state index contributed by atoms with van der Waals surface area (Å²) >= 11 is 4.99. The molecule has 0 saturated carbocycles. The molecule has 0 bridgehead atoms. The SMILES string of the molecule is CNC(=O)C1CCCN(Cc2ccc(F)cc2C(N)=S)C1. The number of piperidine rings is 1. The fraction of sp³-hybridized carbons (Fsp3) is 0.467. The van der Waals surface area contributed by atoms with Gasteiger partial charge in [0.2, 0.25) is 5.91 Å². The maximum Gasteiger partial charge on any atom is 0.224 e. The van der Waals surface area contributed by atoms with Crippen LogP contribution in [0.1, 0.15) is 24.0 Å². The quantitative estimate of drug-likeness (QED) is 0.826. The summed E-state index contributed by atoms with van der Waals surface area (Å²) in [7, 11) is 1.66. The number of carbonyl (C=O) groups is 1. The zero-order valence-electron chi connectivity index (χ0n) is 12.1. The molecule has 1 aliphatic heterocycles. The van der Waals surface area contributed by atoms with Crippen LogP contribution in [0.2, 0.25) is 0 Å². The lowest BCUT2D eigenvalue weighted by atomic mass is 9.96. The predicted octanol–water partition coefficient (Wildman–Crippen LogP) is 1.42. The van der Waals surface area contributed by atoms with Gasteiger partial charge in [0.15, 0.2) is 0 Å². The smallest absolute Gasteiger partial charge is 0.224 e. The van der Waals surface area contributed by atoms with E-state index in [0.29, 0.717) is 18.7 Å². The summed E-state index contributed by atoms with van der Waals surface area (Å²) in [5, 5.41) is 2.70. The maximum absolute atomic E-state index is 13.3. The van der Waals surface area contributed by atoms with Crippen LogP contribution in [-0.2, 0) is 11.3 Å². The molecule has 114 valence electrons. The fourth-order valence-corrected chi connectivity index (χ4v) is 2.96. The van der Waals surface area contributed by atoms with Crippen molar-refractivity contribution in [1.29, 1.82) is 0 Å². The van der Waals surface area contributed by atoms with Crippen molar-refractivity contribution in [1.82, 2.24) is 10.2 Å². The molecule has 1 unspecified atom stereocenters. The minimum absolute atomic E-state index is 0.0116. The Balaban J connectivity index is 2.11. The van der Waals surface area contributed by atoms with Crippen molar-refractivity contribution in [2.45, 2.75) is 19.4 Å². The van der Waals surface area contributed by atoms with Gasteiger partial charge in [-0.15, -0.1) is 0 Å². The van der Waals surface area contributed by atoms with Gasteiger partial charge in [-0.2, -0.15) is 0 Å². The van der Waals surface area contributed by atoms with E-state index in [1.807, 2.05) is 0 Å². The summed E-state index contributed by atoms with van der Waals surface area (Å²) < 4.78 is 13.3. The molecule has 1 aromatic carbocycles. The number of amides is 1. The average Bonchev–Trinajstić information content (AvgIpc) is 2.48. The van der Waals surface area contributed by atoms with Crippen molar-refractivity contribution in [2.24, 2.45) is 11.7 Å². The van der Waals surface area contributed by atoms with Gasteiger partial charge in [0.05, 0.1) is 5.92 Å². The van der Waals surface area contributed by atoms with Crippen LogP contribution in [0, 0.1) is 11.7 Å². The fourth-order valence-electron chi connectivity index (χ4n) is 2.77. The number of hydrogen-bond acceptors (Lipinski definition) is 3. The van der Waals surface area contributed by atoms with Crippen molar-refractivity contribution in [3.8, 4) is 0 Å². The number of nitrogens with two attached hydrogens (primary N) is 1. The summed E-state index contributed by atoms with van der Waals surface area (Å²) in [5.41, 5.74) is 7.15. The number of likely N-dealkylation sites (tertiary alicyclic amines) is 1. The van der Waals surface area contributed by atoms with Gasteiger partial charge >= 0.3 is 0 Å². The first-order valence-electron chi connectivity index (χ1n) is 7.03. The summed E-state index contributed by atoms with van der Waals surface area (Å²) in [6, 6.07) is 4.50. The van der Waals surface area contributed by atoms with Crippen molar-refractivity contribution >= 4 is 23.1 Å². The van der Waals surface area contributed by atoms with Crippen LogP contribution in [0.5, 0.6) is 0 Å². The average molecular weight is 309 g/mol. The molecule has 1 aromatic rings. The number of benzene rings is 1. The Morgan fingerprint density at radius 1 is 1.57 bits per heavy atom. The Hall–Kier alpha value is -1.53. The third-order valence-corrected chi connectivity index (χ3v) is 4.07. The highest BCUT2D eigenvalue weighted by atomic mass is 32.1. The Kier molecular flexibility index (Phi) is 5.25. The molecule has 0 aromatic heterocycles. The highest BCUT2D eigenvalue weighted by molar-refractivity contribution is 7.80. The zero-order chi connectivity index (χ0) is 15.4. The summed E-state index contributed by atoms with van der Waals surface area (Å²) in [6.07, 6.45) is 1.88. The number of nitrogens with zero attached hydrogens (tertiary/aromatic N) is 1. The Morgan fingerprint density at radius 2 is 2.33 bits per heavy atom. The van der Waals surface area contributed by atoms with Crippen molar-refractivity contribution in [3.63, 3.8) is 0 Å². The largest absolute Gasteiger partial charge is 0.389 e. The number of carbonyl (C=O) groups excluding carboxylic acids is 1. The van der Waals surface area contributed by atoms with E-state index < -0.39 is 0 Å². The van der Waals surface area contributed by atoms with E-state index in [1.165, 1.54) is 12.1 Å². The first kappa shape index (κ1) is 15.9. The topological polar surface area (TPSA) is 58.4 Å². The molecular formula is C15H20FN3OS. The van der Waals surface area contributed by atoms with E-state index in [2.05, 4.69) is 10.2 Å². The van der Waals surface area contributed by atoms with Crippen LogP contribution in [0.3, 0.4) is 0 Å². The molecular weight excluding hydrogens is 289 g/mol. The second kappa shape index (κ2) is 6.95. The molecule has 4 nitrogen and oxygen atoms in total. The van der Waals surface area contributed by atoms with Crippen LogP contribution in [-0.4, -0.2) is 35.9 Å². The Labute approximate surface area is 129 Å². The molecule has 0 aliphatic carbocycles. The third-order valence-electron chi connectivity index (χ3n) is 3.85. The first-order valence-corrected chi connectivity index (χ1v) is 7.44. The first-order chi connectivity index (χ1) is 10.0. The standard InChI is InChI=1S/C15H20FN3OS/c1-18-15(20)11-3-2-6-19(9-11)8-10-4-5-12(16)7-13(10)14(17)21/h4-5,7,11H,2-3,6,8-9H2,1H3,(H2,17,21)(H,18,20). The zero-order valence-corrected chi connectivity index (χ0v) is 12.9. The highest BCUT2D eigenvalue weighted by Crippen LogP contribution is 2.20. The number of nitrogens with one attached hydrogen (secondary N) is 1. The number of thiocarbonyl (C=S) groups is 1. The lowest BCUT2D eigenvalue weighted by Crippen LogP contribution is -2.41. The van der Waals surface area contributed by atoms with Gasteiger partial charge in [0.25, 0.3) is 0 Å². The van der Waals surface area contributed by atoms with Gasteiger partial charge in [0, 0.05) is 25.7 Å². The Bertz CT molecular complexity index is 550. The second-order valence-corrected chi connectivity index (χ2v) is 5.79. The van der Waals surface area contributed by atoms with Gasteiger partial charge in [-0.05, 0) is 37.1 Å². The van der Waals surface area contributed by atoms with E-state index in [-0.39, 0.29) is 22.6 Å². The van der Waals surface area contributed by atoms with Gasteiger partial charge in [-0.1, -0.05) is 18.3 Å². The van der Waals surface area contributed by atoms with Crippen LogP contribution in [0.4, 0.5) is 4.39 Å². The molecule has 6 heteroatoms. The number of rotatable bonds is 4. The van der Waals surface area contributed by atoms with Gasteiger partial charge < -0.3 is 11.1 Å². The lowest BCUT2D eigenvalue weighted by molar-refractivity contribution is -0.126. The van der Waals surface area contributed by atoms with Crippen molar-refractivity contribution in [3.05, 3.63) is 35.1 Å². The predicted molar refractivity (Wildman–Crippen MR) is 84.4 cm³/mol. The summed E-state index contributed by atoms with van der Waals surface area (Å²) in [5.74, 6) is -0.255. The summed E-state index contributed by atoms with van der Waals surface area (Å²) in [4.78, 5) is 14.1. The second-order valence-electron chi connectivity index (χ2n) is 5.35. The number of hydrogen-bond donors (Lipinski definition) is 2. The molecule has 0 radical (unpaired) electrons. The lowest BCUT2D eigenvalue weighted by Gasteiger charge is -2.32. The normalized spacial score (nSPS) is 19.2. The van der Waals surface area contributed by atoms with Gasteiger partial charge in [-0.3, -0.25) is 9.69 Å². The molecule has 0 spiro atoms. The monoisotopic (exact) mass is 309 g/mol. The minimum Gasteiger partial charge on any atom is -0.389 e. The van der Waals surface area contributed by atoms with Crippen LogP contribution in [0.25, 0.3) is 0 Å². The van der Waals surface area contributed by atoms with E-state index in [1.54, 1.807) is 13.1 Å². The molecule has 1 atom stereocenters. The number of halogens is 1. The molecule has 1 fully saturated rings. The molecule has 1 heterocycles.